The van der Waals surface area contributed by atoms with E-state index in [0.29, 0.717) is 9.48 Å². The van der Waals surface area contributed by atoms with Gasteiger partial charge in [-0.15, -0.1) is 11.3 Å². The van der Waals surface area contributed by atoms with Gasteiger partial charge >= 0.3 is 0 Å². The Labute approximate surface area is 127 Å². The van der Waals surface area contributed by atoms with Gasteiger partial charge in [-0.3, -0.25) is 4.79 Å². The first-order chi connectivity index (χ1) is 9.63. The van der Waals surface area contributed by atoms with E-state index in [1.807, 2.05) is 24.3 Å². The second kappa shape index (κ2) is 5.42. The first-order valence-corrected chi connectivity index (χ1v) is 7.57. The number of Topliss-reactive ketones (excluding diaryl/α,β-unsaturated/α-hetero) is 1. The van der Waals surface area contributed by atoms with Crippen molar-refractivity contribution in [3.8, 4) is 0 Å². The van der Waals surface area contributed by atoms with E-state index in [1.165, 1.54) is 23.5 Å². The number of fused-ring (bicyclic) bond motifs is 1. The van der Waals surface area contributed by atoms with Crippen molar-refractivity contribution >= 4 is 43.3 Å². The highest BCUT2D eigenvalue weighted by molar-refractivity contribution is 9.10. The second-order valence-electron chi connectivity index (χ2n) is 4.30. The summed E-state index contributed by atoms with van der Waals surface area (Å²) in [5.74, 6) is -0.762. The first-order valence-electron chi connectivity index (χ1n) is 5.96. The van der Waals surface area contributed by atoms with Gasteiger partial charge in [-0.1, -0.05) is 28.1 Å². The summed E-state index contributed by atoms with van der Waals surface area (Å²) >= 11 is 4.71. The fraction of sp³-hybridized carbons (Fsp3) is 0.0667. The lowest BCUT2D eigenvalue weighted by molar-refractivity contribution is 0.0989. The number of nitrogens with zero attached hydrogens (tertiary/aromatic N) is 1. The first kappa shape index (κ1) is 13.4. The molecule has 1 aromatic heterocycles. The third-order valence-electron chi connectivity index (χ3n) is 2.88. The third kappa shape index (κ3) is 2.64. The molecule has 100 valence electrons. The topological polar surface area (TPSA) is 30.0 Å². The van der Waals surface area contributed by atoms with Gasteiger partial charge in [0.05, 0.1) is 22.2 Å². The second-order valence-corrected chi connectivity index (χ2v) is 6.33. The highest BCUT2D eigenvalue weighted by atomic mass is 79.9. The van der Waals surface area contributed by atoms with Crippen LogP contribution in [-0.2, 0) is 6.42 Å². The minimum atomic E-state index is -0.501. The number of ketones is 1. The molecule has 1 heterocycles. The number of hydrogen-bond acceptors (Lipinski definition) is 3. The fourth-order valence-electron chi connectivity index (χ4n) is 1.94. The van der Waals surface area contributed by atoms with Gasteiger partial charge in [-0.05, 0) is 30.3 Å². The monoisotopic (exact) mass is 349 g/mol. The summed E-state index contributed by atoms with van der Waals surface area (Å²) in [6.07, 6.45) is 0.118. The van der Waals surface area contributed by atoms with Crippen molar-refractivity contribution < 1.29 is 9.18 Å². The minimum Gasteiger partial charge on any atom is -0.294 e. The van der Waals surface area contributed by atoms with Crippen LogP contribution in [-0.4, -0.2) is 10.8 Å². The summed E-state index contributed by atoms with van der Waals surface area (Å²) in [7, 11) is 0. The predicted molar refractivity (Wildman–Crippen MR) is 81.8 cm³/mol. The molecule has 0 fully saturated rings. The van der Waals surface area contributed by atoms with Crippen LogP contribution in [0.25, 0.3) is 10.2 Å². The number of hydrogen-bond donors (Lipinski definition) is 0. The average molecular weight is 350 g/mol. The molecule has 0 amide bonds. The van der Waals surface area contributed by atoms with E-state index in [-0.39, 0.29) is 17.8 Å². The summed E-state index contributed by atoms with van der Waals surface area (Å²) in [6, 6.07) is 12.1. The van der Waals surface area contributed by atoms with Crippen LogP contribution in [0.2, 0.25) is 0 Å². The number of aromatic nitrogens is 1. The number of carbonyl (C=O) groups excluding carboxylic acids is 1. The van der Waals surface area contributed by atoms with Gasteiger partial charge < -0.3 is 0 Å². The maximum absolute atomic E-state index is 13.7. The Balaban J connectivity index is 1.90. The van der Waals surface area contributed by atoms with Crippen molar-refractivity contribution in [2.75, 3.05) is 0 Å². The van der Waals surface area contributed by atoms with Crippen molar-refractivity contribution in [1.82, 2.24) is 4.98 Å². The van der Waals surface area contributed by atoms with Crippen LogP contribution < -0.4 is 0 Å². The number of para-hydroxylation sites is 1. The standard InChI is InChI=1S/C15H9BrFNOS/c16-9-5-6-11(17)10(7-9)13(19)8-15-18-12-3-1-2-4-14(12)20-15/h1-7H,8H2. The minimum absolute atomic E-state index is 0.0960. The predicted octanol–water partition coefficient (Wildman–Crippen LogP) is 4.62. The van der Waals surface area contributed by atoms with E-state index in [2.05, 4.69) is 20.9 Å². The lowest BCUT2D eigenvalue weighted by Gasteiger charge is -2.01. The Bertz CT molecular complexity index is 766. The van der Waals surface area contributed by atoms with Gasteiger partial charge in [0.25, 0.3) is 0 Å². The molecule has 3 aromatic rings. The Morgan fingerprint density at radius 3 is 2.85 bits per heavy atom. The molecule has 0 aliphatic rings. The van der Waals surface area contributed by atoms with Crippen molar-refractivity contribution in [3.63, 3.8) is 0 Å². The molecule has 20 heavy (non-hydrogen) atoms. The lowest BCUT2D eigenvalue weighted by Crippen LogP contribution is -2.06. The largest absolute Gasteiger partial charge is 0.294 e. The van der Waals surface area contributed by atoms with Gasteiger partial charge in [0.15, 0.2) is 5.78 Å². The van der Waals surface area contributed by atoms with Crippen LogP contribution in [0.4, 0.5) is 4.39 Å². The molecule has 0 saturated heterocycles. The molecule has 3 rings (SSSR count). The quantitative estimate of drug-likeness (QED) is 0.645. The van der Waals surface area contributed by atoms with Crippen LogP contribution in [0.1, 0.15) is 15.4 Å². The van der Waals surface area contributed by atoms with Crippen molar-refractivity contribution in [1.29, 1.82) is 0 Å². The van der Waals surface area contributed by atoms with Gasteiger partial charge in [-0.25, -0.2) is 9.37 Å². The van der Waals surface area contributed by atoms with Crippen molar-refractivity contribution in [2.24, 2.45) is 0 Å². The Morgan fingerprint density at radius 2 is 2.05 bits per heavy atom. The number of thiazole rings is 1. The molecule has 5 heteroatoms. The third-order valence-corrected chi connectivity index (χ3v) is 4.41. The molecule has 0 bridgehead atoms. The maximum Gasteiger partial charge on any atom is 0.172 e. The normalized spacial score (nSPS) is 10.9. The fourth-order valence-corrected chi connectivity index (χ4v) is 3.27. The summed E-state index contributed by atoms with van der Waals surface area (Å²) in [5.41, 5.74) is 0.966. The summed E-state index contributed by atoms with van der Waals surface area (Å²) in [5, 5.41) is 0.704. The number of carbonyl (C=O) groups is 1. The van der Waals surface area contributed by atoms with E-state index in [4.69, 9.17) is 0 Å². The van der Waals surface area contributed by atoms with Crippen LogP contribution in [0.5, 0.6) is 0 Å². The molecular formula is C15H9BrFNOS. The summed E-state index contributed by atoms with van der Waals surface area (Å²) in [6.45, 7) is 0. The van der Waals surface area contributed by atoms with Crippen LogP contribution in [0, 0.1) is 5.82 Å². The molecule has 0 saturated carbocycles. The Morgan fingerprint density at radius 1 is 1.25 bits per heavy atom. The molecule has 0 spiro atoms. The number of rotatable bonds is 3. The van der Waals surface area contributed by atoms with Crippen molar-refractivity contribution in [3.05, 3.63) is 63.3 Å². The smallest absolute Gasteiger partial charge is 0.172 e. The summed E-state index contributed by atoms with van der Waals surface area (Å²) in [4.78, 5) is 16.6. The molecule has 0 radical (unpaired) electrons. The highest BCUT2D eigenvalue weighted by Gasteiger charge is 2.15. The van der Waals surface area contributed by atoms with E-state index < -0.39 is 5.82 Å². The zero-order valence-corrected chi connectivity index (χ0v) is 12.7. The molecule has 0 unspecified atom stereocenters. The molecule has 0 aliphatic heterocycles. The Hall–Kier alpha value is -1.59. The van der Waals surface area contributed by atoms with Gasteiger partial charge in [0.2, 0.25) is 0 Å². The van der Waals surface area contributed by atoms with Crippen LogP contribution >= 0.6 is 27.3 Å². The van der Waals surface area contributed by atoms with Crippen molar-refractivity contribution in [2.45, 2.75) is 6.42 Å². The SMILES string of the molecule is O=C(Cc1nc2ccccc2s1)c1cc(Br)ccc1F. The van der Waals surface area contributed by atoms with E-state index >= 15 is 0 Å². The highest BCUT2D eigenvalue weighted by Crippen LogP contribution is 2.24. The molecule has 0 N–H and O–H groups in total. The molecule has 0 atom stereocenters. The molecule has 2 aromatic carbocycles. The van der Waals surface area contributed by atoms with Gasteiger partial charge in [0.1, 0.15) is 10.8 Å². The molecule has 2 nitrogen and oxygen atoms in total. The summed E-state index contributed by atoms with van der Waals surface area (Å²) < 4.78 is 15.4. The average Bonchev–Trinajstić information content (AvgIpc) is 2.83. The Kier molecular flexibility index (Phi) is 3.63. The van der Waals surface area contributed by atoms with E-state index in [1.54, 1.807) is 6.07 Å². The van der Waals surface area contributed by atoms with E-state index in [0.717, 1.165) is 10.2 Å². The number of benzene rings is 2. The zero-order valence-electron chi connectivity index (χ0n) is 10.3. The number of halogens is 2. The van der Waals surface area contributed by atoms with Gasteiger partial charge in [-0.2, -0.15) is 0 Å². The lowest BCUT2D eigenvalue weighted by atomic mass is 10.1. The van der Waals surface area contributed by atoms with E-state index in [9.17, 15) is 9.18 Å². The van der Waals surface area contributed by atoms with Crippen LogP contribution in [0.15, 0.2) is 46.9 Å². The van der Waals surface area contributed by atoms with Crippen LogP contribution in [0.3, 0.4) is 0 Å². The zero-order chi connectivity index (χ0) is 14.1. The van der Waals surface area contributed by atoms with Gasteiger partial charge in [0, 0.05) is 4.47 Å². The molecular weight excluding hydrogens is 341 g/mol. The maximum atomic E-state index is 13.7. The molecule has 0 aliphatic carbocycles.